The highest BCUT2D eigenvalue weighted by Crippen LogP contribution is 2.27. The Balaban J connectivity index is 3.62. The van der Waals surface area contributed by atoms with Crippen molar-refractivity contribution in [1.29, 1.82) is 0 Å². The van der Waals surface area contributed by atoms with Crippen LogP contribution in [0.4, 0.5) is 0 Å². The Bertz CT molecular complexity index is 444. The topological polar surface area (TPSA) is 60.2 Å². The van der Waals surface area contributed by atoms with E-state index in [1.807, 2.05) is 6.07 Å². The Hall–Kier alpha value is 0.340. The number of halogens is 2. The standard InChI is InChI=1S/C7H7BrINO2S/c1-4-6(9)3-2-5(8)7(4)13(10,11)12/h2-3H,1H3,(H2,10,11,12). The monoisotopic (exact) mass is 375 g/mol. The van der Waals surface area contributed by atoms with E-state index >= 15 is 0 Å². The summed E-state index contributed by atoms with van der Waals surface area (Å²) in [6.07, 6.45) is 0. The van der Waals surface area contributed by atoms with Gasteiger partial charge in [-0.1, -0.05) is 0 Å². The van der Waals surface area contributed by atoms with Crippen molar-refractivity contribution in [3.63, 3.8) is 0 Å². The van der Waals surface area contributed by atoms with Crippen LogP contribution in [0.15, 0.2) is 21.5 Å². The summed E-state index contributed by atoms with van der Waals surface area (Å²) >= 11 is 5.22. The van der Waals surface area contributed by atoms with Crippen molar-refractivity contribution < 1.29 is 8.42 Å². The lowest BCUT2D eigenvalue weighted by molar-refractivity contribution is 0.596. The van der Waals surface area contributed by atoms with E-state index in [1.165, 1.54) is 0 Å². The Morgan fingerprint density at radius 2 is 2.00 bits per heavy atom. The Morgan fingerprint density at radius 3 is 2.38 bits per heavy atom. The fourth-order valence-corrected chi connectivity index (χ4v) is 3.60. The van der Waals surface area contributed by atoms with Crippen LogP contribution in [0.1, 0.15) is 5.56 Å². The maximum atomic E-state index is 11.2. The molecule has 0 fully saturated rings. The third-order valence-electron chi connectivity index (χ3n) is 1.58. The third kappa shape index (κ3) is 2.42. The molecule has 0 aromatic heterocycles. The molecule has 0 radical (unpaired) electrons. The van der Waals surface area contributed by atoms with Gasteiger partial charge in [0.05, 0.1) is 4.90 Å². The highest BCUT2D eigenvalue weighted by molar-refractivity contribution is 14.1. The molecule has 72 valence electrons. The van der Waals surface area contributed by atoms with Gasteiger partial charge in [0.1, 0.15) is 0 Å². The molecule has 3 nitrogen and oxygen atoms in total. The highest BCUT2D eigenvalue weighted by atomic mass is 127. The fourth-order valence-electron chi connectivity index (χ4n) is 0.984. The minimum Gasteiger partial charge on any atom is -0.225 e. The van der Waals surface area contributed by atoms with Crippen molar-refractivity contribution >= 4 is 48.5 Å². The molecule has 2 N–H and O–H groups in total. The van der Waals surface area contributed by atoms with Gasteiger partial charge in [0.2, 0.25) is 10.0 Å². The second-order valence-corrected chi connectivity index (χ2v) is 6.04. The number of sulfonamides is 1. The van der Waals surface area contributed by atoms with Crippen LogP contribution in [0.5, 0.6) is 0 Å². The molecule has 1 aromatic carbocycles. The lowest BCUT2D eigenvalue weighted by Crippen LogP contribution is -2.15. The molecule has 0 spiro atoms. The predicted molar refractivity (Wildman–Crippen MR) is 63.0 cm³/mol. The number of rotatable bonds is 1. The molecule has 0 atom stereocenters. The van der Waals surface area contributed by atoms with Gasteiger partial charge in [-0.25, -0.2) is 13.6 Å². The number of hydrogen-bond donors (Lipinski definition) is 1. The summed E-state index contributed by atoms with van der Waals surface area (Å²) in [5.74, 6) is 0. The number of primary sulfonamides is 1. The van der Waals surface area contributed by atoms with Gasteiger partial charge in [-0.3, -0.25) is 0 Å². The zero-order valence-electron chi connectivity index (χ0n) is 6.71. The summed E-state index contributed by atoms with van der Waals surface area (Å²) in [5, 5.41) is 5.07. The van der Waals surface area contributed by atoms with E-state index in [-0.39, 0.29) is 4.90 Å². The predicted octanol–water partition coefficient (Wildman–Crippen LogP) is 2.01. The van der Waals surface area contributed by atoms with Crippen LogP contribution in [0.2, 0.25) is 0 Å². The molecular weight excluding hydrogens is 369 g/mol. The van der Waals surface area contributed by atoms with Gasteiger partial charge >= 0.3 is 0 Å². The highest BCUT2D eigenvalue weighted by Gasteiger charge is 2.16. The van der Waals surface area contributed by atoms with Crippen LogP contribution >= 0.6 is 38.5 Å². The first kappa shape index (κ1) is 11.4. The number of hydrogen-bond acceptors (Lipinski definition) is 2. The van der Waals surface area contributed by atoms with Crippen LogP contribution < -0.4 is 5.14 Å². The molecule has 0 amide bonds. The van der Waals surface area contributed by atoms with Gasteiger partial charge in [-0.15, -0.1) is 0 Å². The maximum Gasteiger partial charge on any atom is 0.239 e. The van der Waals surface area contributed by atoms with Crippen LogP contribution in [-0.4, -0.2) is 8.42 Å². The second kappa shape index (κ2) is 3.84. The number of benzene rings is 1. The third-order valence-corrected chi connectivity index (χ3v) is 4.76. The minimum absolute atomic E-state index is 0.166. The first-order valence-corrected chi connectivity index (χ1v) is 6.73. The zero-order chi connectivity index (χ0) is 10.2. The Morgan fingerprint density at radius 1 is 1.46 bits per heavy atom. The molecule has 0 saturated carbocycles. The summed E-state index contributed by atoms with van der Waals surface area (Å²) in [7, 11) is -3.64. The lowest BCUT2D eigenvalue weighted by atomic mass is 10.2. The van der Waals surface area contributed by atoms with Crippen molar-refractivity contribution in [3.05, 3.63) is 25.7 Å². The lowest BCUT2D eigenvalue weighted by Gasteiger charge is -2.07. The summed E-state index contributed by atoms with van der Waals surface area (Å²) in [5.41, 5.74) is 0.678. The molecule has 0 aliphatic carbocycles. The van der Waals surface area contributed by atoms with E-state index in [9.17, 15) is 8.42 Å². The molecule has 0 aliphatic rings. The van der Waals surface area contributed by atoms with Crippen LogP contribution in [0.3, 0.4) is 0 Å². The Labute approximate surface area is 99.0 Å². The average Bonchev–Trinajstić information content (AvgIpc) is 1.95. The summed E-state index contributed by atoms with van der Waals surface area (Å²) in [6, 6.07) is 3.50. The summed E-state index contributed by atoms with van der Waals surface area (Å²) < 4.78 is 23.7. The van der Waals surface area contributed by atoms with Gasteiger partial charge in [-0.2, -0.15) is 0 Å². The smallest absolute Gasteiger partial charge is 0.225 e. The van der Waals surface area contributed by atoms with Gasteiger partial charge in [0.25, 0.3) is 0 Å². The fraction of sp³-hybridized carbons (Fsp3) is 0.143. The van der Waals surface area contributed by atoms with Gasteiger partial charge < -0.3 is 0 Å². The average molecular weight is 376 g/mol. The van der Waals surface area contributed by atoms with Gasteiger partial charge in [-0.05, 0) is 63.1 Å². The summed E-state index contributed by atoms with van der Waals surface area (Å²) in [4.78, 5) is 0.166. The molecule has 0 heterocycles. The second-order valence-electron chi connectivity index (χ2n) is 2.53. The van der Waals surface area contributed by atoms with Crippen LogP contribution in [0.25, 0.3) is 0 Å². The molecule has 0 aliphatic heterocycles. The van der Waals surface area contributed by atoms with Crippen molar-refractivity contribution in [2.24, 2.45) is 5.14 Å². The van der Waals surface area contributed by atoms with Gasteiger partial charge in [0.15, 0.2) is 0 Å². The summed E-state index contributed by atoms with van der Waals surface area (Å²) in [6.45, 7) is 1.73. The number of nitrogens with two attached hydrogens (primary N) is 1. The molecule has 1 aromatic rings. The molecule has 1 rings (SSSR count). The van der Waals surface area contributed by atoms with Crippen molar-refractivity contribution in [3.8, 4) is 0 Å². The molecule has 6 heteroatoms. The largest absolute Gasteiger partial charge is 0.239 e. The SMILES string of the molecule is Cc1c(I)ccc(Br)c1S(N)(=O)=O. The van der Waals surface area contributed by atoms with Crippen molar-refractivity contribution in [1.82, 2.24) is 0 Å². The first-order valence-electron chi connectivity index (χ1n) is 3.31. The molecular formula is C7H7BrINO2S. The van der Waals surface area contributed by atoms with E-state index in [4.69, 9.17) is 5.14 Å². The maximum absolute atomic E-state index is 11.2. The van der Waals surface area contributed by atoms with Crippen molar-refractivity contribution in [2.45, 2.75) is 11.8 Å². The molecule has 0 unspecified atom stereocenters. The van der Waals surface area contributed by atoms with Gasteiger partial charge in [0, 0.05) is 8.04 Å². The van der Waals surface area contributed by atoms with E-state index in [2.05, 4.69) is 38.5 Å². The normalized spacial score (nSPS) is 11.7. The van der Waals surface area contributed by atoms with Crippen LogP contribution in [0, 0.1) is 10.5 Å². The van der Waals surface area contributed by atoms with E-state index < -0.39 is 10.0 Å². The molecule has 13 heavy (non-hydrogen) atoms. The van der Waals surface area contributed by atoms with E-state index in [0.29, 0.717) is 10.0 Å². The quantitative estimate of drug-likeness (QED) is 0.763. The first-order chi connectivity index (χ1) is 5.84. The minimum atomic E-state index is -3.64. The van der Waals surface area contributed by atoms with Crippen LogP contribution in [-0.2, 0) is 10.0 Å². The van der Waals surface area contributed by atoms with E-state index in [0.717, 1.165) is 3.57 Å². The zero-order valence-corrected chi connectivity index (χ0v) is 11.3. The van der Waals surface area contributed by atoms with E-state index in [1.54, 1.807) is 13.0 Å². The molecule has 0 bridgehead atoms. The van der Waals surface area contributed by atoms with Crippen molar-refractivity contribution in [2.75, 3.05) is 0 Å². The molecule has 0 saturated heterocycles. The Kier molecular flexibility index (Phi) is 3.37.